The van der Waals surface area contributed by atoms with Gasteiger partial charge in [0.25, 0.3) is 0 Å². The molecule has 0 aromatic rings. The first-order chi connectivity index (χ1) is 7.29. The third-order valence-electron chi connectivity index (χ3n) is 3.66. The first kappa shape index (κ1) is 11.4. The predicted molar refractivity (Wildman–Crippen MR) is 61.9 cm³/mol. The van der Waals surface area contributed by atoms with Crippen molar-refractivity contribution >= 4 is 0 Å². The fourth-order valence-corrected chi connectivity index (χ4v) is 2.40. The summed E-state index contributed by atoms with van der Waals surface area (Å²) in [5, 5.41) is 12.8. The first-order valence-corrected chi connectivity index (χ1v) is 6.42. The van der Waals surface area contributed by atoms with Crippen LogP contribution in [0, 0.1) is 5.92 Å². The smallest absolute Gasteiger partial charge is 0.0662 e. The van der Waals surface area contributed by atoms with E-state index in [-0.39, 0.29) is 6.10 Å². The summed E-state index contributed by atoms with van der Waals surface area (Å²) in [5.41, 5.74) is 0. The van der Waals surface area contributed by atoms with Crippen molar-refractivity contribution in [3.63, 3.8) is 0 Å². The molecule has 1 aliphatic carbocycles. The number of hydrogen-bond acceptors (Lipinski definition) is 3. The number of rotatable bonds is 6. The Bertz CT molecular complexity index is 194. The maximum absolute atomic E-state index is 9.41. The molecule has 1 saturated carbocycles. The summed E-state index contributed by atoms with van der Waals surface area (Å²) in [6.07, 6.45) is 4.88. The number of hydrogen-bond donors (Lipinski definition) is 2. The Kier molecular flexibility index (Phi) is 4.00. The molecule has 1 heterocycles. The highest BCUT2D eigenvalue weighted by molar-refractivity contribution is 4.89. The molecular formula is C12H24N2O. The monoisotopic (exact) mass is 212 g/mol. The first-order valence-electron chi connectivity index (χ1n) is 6.42. The van der Waals surface area contributed by atoms with Gasteiger partial charge in [-0.1, -0.05) is 6.92 Å². The summed E-state index contributed by atoms with van der Waals surface area (Å²) in [6, 6.07) is 0.927. The van der Waals surface area contributed by atoms with Crippen molar-refractivity contribution < 1.29 is 5.11 Å². The minimum atomic E-state index is -0.161. The Morgan fingerprint density at radius 3 is 2.87 bits per heavy atom. The zero-order valence-corrected chi connectivity index (χ0v) is 9.78. The number of nitrogens with zero attached hydrogens (tertiary/aromatic N) is 1. The van der Waals surface area contributed by atoms with E-state index in [1.807, 2.05) is 6.92 Å². The van der Waals surface area contributed by atoms with E-state index in [0.29, 0.717) is 0 Å². The van der Waals surface area contributed by atoms with Crippen LogP contribution in [-0.2, 0) is 0 Å². The van der Waals surface area contributed by atoms with Crippen LogP contribution in [0.15, 0.2) is 0 Å². The molecule has 0 radical (unpaired) electrons. The van der Waals surface area contributed by atoms with Crippen LogP contribution >= 0.6 is 0 Å². The highest BCUT2D eigenvalue weighted by Crippen LogP contribution is 2.31. The van der Waals surface area contributed by atoms with Gasteiger partial charge in [0.2, 0.25) is 0 Å². The van der Waals surface area contributed by atoms with Crippen LogP contribution in [0.25, 0.3) is 0 Å². The van der Waals surface area contributed by atoms with Crippen LogP contribution < -0.4 is 5.32 Å². The van der Waals surface area contributed by atoms with Gasteiger partial charge >= 0.3 is 0 Å². The molecule has 3 heteroatoms. The van der Waals surface area contributed by atoms with Gasteiger partial charge in [-0.05, 0) is 44.7 Å². The minimum absolute atomic E-state index is 0.161. The van der Waals surface area contributed by atoms with Crippen molar-refractivity contribution in [2.24, 2.45) is 5.92 Å². The fraction of sp³-hybridized carbons (Fsp3) is 1.00. The van der Waals surface area contributed by atoms with Gasteiger partial charge in [0, 0.05) is 19.1 Å². The lowest BCUT2D eigenvalue weighted by atomic mass is 10.1. The Morgan fingerprint density at radius 1 is 1.40 bits per heavy atom. The van der Waals surface area contributed by atoms with Gasteiger partial charge in [0.05, 0.1) is 6.10 Å². The number of nitrogens with one attached hydrogen (secondary N) is 1. The van der Waals surface area contributed by atoms with Gasteiger partial charge in [-0.25, -0.2) is 0 Å². The second-order valence-electron chi connectivity index (χ2n) is 5.10. The molecule has 2 N–H and O–H groups in total. The zero-order chi connectivity index (χ0) is 10.7. The van der Waals surface area contributed by atoms with Crippen LogP contribution in [0.1, 0.15) is 32.6 Å². The topological polar surface area (TPSA) is 35.5 Å². The van der Waals surface area contributed by atoms with Gasteiger partial charge in [0.1, 0.15) is 0 Å². The summed E-state index contributed by atoms with van der Waals surface area (Å²) in [7, 11) is 0. The Hall–Kier alpha value is -0.120. The molecule has 3 nitrogen and oxygen atoms in total. The van der Waals surface area contributed by atoms with Crippen molar-refractivity contribution in [2.45, 2.75) is 44.8 Å². The van der Waals surface area contributed by atoms with E-state index in [2.05, 4.69) is 10.2 Å². The highest BCUT2D eigenvalue weighted by atomic mass is 16.3. The molecule has 1 saturated heterocycles. The summed E-state index contributed by atoms with van der Waals surface area (Å²) >= 11 is 0. The van der Waals surface area contributed by atoms with Gasteiger partial charge in [-0.3, -0.25) is 0 Å². The van der Waals surface area contributed by atoms with Crippen LogP contribution in [0.4, 0.5) is 0 Å². The largest absolute Gasteiger partial charge is 0.392 e. The molecule has 0 aromatic heterocycles. The number of likely N-dealkylation sites (tertiary alicyclic amines) is 1. The van der Waals surface area contributed by atoms with Crippen molar-refractivity contribution in [1.29, 1.82) is 0 Å². The lowest BCUT2D eigenvalue weighted by Crippen LogP contribution is -2.32. The van der Waals surface area contributed by atoms with E-state index in [1.165, 1.54) is 32.4 Å². The maximum atomic E-state index is 9.41. The molecule has 0 amide bonds. The lowest BCUT2D eigenvalue weighted by Gasteiger charge is -2.16. The van der Waals surface area contributed by atoms with Gasteiger partial charge in [-0.15, -0.1) is 0 Å². The fourth-order valence-electron chi connectivity index (χ4n) is 2.40. The maximum Gasteiger partial charge on any atom is 0.0662 e. The average Bonchev–Trinajstić information content (AvgIpc) is 2.99. The van der Waals surface area contributed by atoms with E-state index >= 15 is 0 Å². The molecule has 2 atom stereocenters. The summed E-state index contributed by atoms with van der Waals surface area (Å²) in [6.45, 7) is 6.45. The van der Waals surface area contributed by atoms with Crippen LogP contribution in [0.5, 0.6) is 0 Å². The van der Waals surface area contributed by atoms with Crippen molar-refractivity contribution in [3.8, 4) is 0 Å². The Morgan fingerprint density at radius 2 is 2.20 bits per heavy atom. The van der Waals surface area contributed by atoms with Crippen molar-refractivity contribution in [2.75, 3.05) is 26.2 Å². The molecular weight excluding hydrogens is 188 g/mol. The van der Waals surface area contributed by atoms with E-state index < -0.39 is 0 Å². The summed E-state index contributed by atoms with van der Waals surface area (Å²) in [5.74, 6) is 0.814. The molecule has 0 bridgehead atoms. The molecule has 0 spiro atoms. The highest BCUT2D eigenvalue weighted by Gasteiger charge is 2.33. The van der Waals surface area contributed by atoms with Gasteiger partial charge in [-0.2, -0.15) is 0 Å². The zero-order valence-electron chi connectivity index (χ0n) is 9.78. The predicted octanol–water partition coefficient (Wildman–Crippen LogP) is 0.831. The van der Waals surface area contributed by atoms with Crippen LogP contribution in [0.2, 0.25) is 0 Å². The van der Waals surface area contributed by atoms with Gasteiger partial charge < -0.3 is 15.3 Å². The molecule has 2 rings (SSSR count). The second kappa shape index (κ2) is 5.28. The van der Waals surface area contributed by atoms with E-state index in [0.717, 1.165) is 31.5 Å². The third-order valence-corrected chi connectivity index (χ3v) is 3.66. The molecule has 2 unspecified atom stereocenters. The number of aliphatic hydroxyl groups excluding tert-OH is 1. The molecule has 15 heavy (non-hydrogen) atoms. The van der Waals surface area contributed by atoms with Crippen molar-refractivity contribution in [1.82, 2.24) is 10.2 Å². The SMILES string of the molecule is CCC(O)CNCC1CCN(C2CC2)C1. The molecule has 0 aromatic carbocycles. The molecule has 2 fully saturated rings. The number of aliphatic hydroxyl groups is 1. The van der Waals surface area contributed by atoms with E-state index in [4.69, 9.17) is 0 Å². The molecule has 1 aliphatic heterocycles. The molecule has 88 valence electrons. The minimum Gasteiger partial charge on any atom is -0.392 e. The third kappa shape index (κ3) is 3.44. The standard InChI is InChI=1S/C12H24N2O/c1-2-12(15)8-13-7-10-5-6-14(9-10)11-3-4-11/h10-13,15H,2-9H2,1H3. The quantitative estimate of drug-likeness (QED) is 0.684. The van der Waals surface area contributed by atoms with E-state index in [1.54, 1.807) is 0 Å². The Balaban J connectivity index is 1.56. The van der Waals surface area contributed by atoms with Crippen molar-refractivity contribution in [3.05, 3.63) is 0 Å². The lowest BCUT2D eigenvalue weighted by molar-refractivity contribution is 0.165. The van der Waals surface area contributed by atoms with Crippen LogP contribution in [-0.4, -0.2) is 48.3 Å². The summed E-state index contributed by atoms with van der Waals surface area (Å²) < 4.78 is 0. The summed E-state index contributed by atoms with van der Waals surface area (Å²) in [4.78, 5) is 2.64. The van der Waals surface area contributed by atoms with Gasteiger partial charge in [0.15, 0.2) is 0 Å². The normalized spacial score (nSPS) is 29.6. The second-order valence-corrected chi connectivity index (χ2v) is 5.10. The van der Waals surface area contributed by atoms with E-state index in [9.17, 15) is 5.11 Å². The Labute approximate surface area is 92.8 Å². The van der Waals surface area contributed by atoms with Crippen LogP contribution in [0.3, 0.4) is 0 Å². The molecule has 2 aliphatic rings. The average molecular weight is 212 g/mol.